The minimum absolute atomic E-state index is 0.142. The monoisotopic (exact) mass is 590 g/mol. The average Bonchev–Trinajstić information content (AvgIpc) is 2.92. The number of rotatable bonds is 3. The molecule has 1 aromatic carbocycles. The second-order valence-electron chi connectivity index (χ2n) is 10.0. The Labute approximate surface area is 237 Å². The molecule has 220 valence electrons. The van der Waals surface area contributed by atoms with Crippen molar-refractivity contribution < 1.29 is 31.5 Å². The van der Waals surface area contributed by atoms with Crippen LogP contribution in [0.1, 0.15) is 62.5 Å². The Morgan fingerprint density at radius 1 is 0.902 bits per heavy atom. The summed E-state index contributed by atoms with van der Waals surface area (Å²) in [7, 11) is -4.34. The third-order valence-corrected chi connectivity index (χ3v) is 8.25. The third kappa shape index (κ3) is 8.18. The molecule has 4 bridgehead atoms. The van der Waals surface area contributed by atoms with Crippen LogP contribution in [0.2, 0.25) is 0 Å². The van der Waals surface area contributed by atoms with Gasteiger partial charge in [0, 0.05) is 18.7 Å². The first-order valence-corrected chi connectivity index (χ1v) is 15.2. The van der Waals surface area contributed by atoms with Crippen molar-refractivity contribution >= 4 is 27.6 Å². The summed E-state index contributed by atoms with van der Waals surface area (Å²) >= 11 is 0. The topological polar surface area (TPSA) is 112 Å². The maximum absolute atomic E-state index is 14.0. The van der Waals surface area contributed by atoms with Crippen LogP contribution in [0.15, 0.2) is 59.6 Å². The number of fused-ring (bicyclic) bond motifs is 6. The molecule has 0 spiro atoms. The largest absolute Gasteiger partial charge is 0.481 e. The number of hydrogen-bond acceptors (Lipinski definition) is 6. The molecule has 1 aliphatic heterocycles. The lowest BCUT2D eigenvalue weighted by Gasteiger charge is -2.23. The van der Waals surface area contributed by atoms with Crippen LogP contribution < -0.4 is 9.62 Å². The van der Waals surface area contributed by atoms with Gasteiger partial charge in [-0.15, -0.1) is 0 Å². The van der Waals surface area contributed by atoms with Gasteiger partial charge < -0.3 is 10.0 Å². The fourth-order valence-electron chi connectivity index (χ4n) is 4.91. The molecular weight excluding hydrogens is 557 g/mol. The SMILES string of the molecule is O=C(O)CCN1CCCCCCCCCc2ccccc2-c2nc(ccc2C(F)(F)F)NS(=O)(=O)c2cccc1n2. The molecule has 8 nitrogen and oxygen atoms in total. The first-order valence-electron chi connectivity index (χ1n) is 13.7. The van der Waals surface area contributed by atoms with E-state index in [2.05, 4.69) is 14.7 Å². The Kier molecular flexibility index (Phi) is 9.85. The van der Waals surface area contributed by atoms with Gasteiger partial charge in [-0.05, 0) is 49.1 Å². The molecule has 0 unspecified atom stereocenters. The van der Waals surface area contributed by atoms with E-state index in [1.807, 2.05) is 0 Å². The molecule has 0 amide bonds. The fourth-order valence-corrected chi connectivity index (χ4v) is 5.88. The van der Waals surface area contributed by atoms with Gasteiger partial charge in [-0.1, -0.05) is 62.4 Å². The number of alkyl halides is 3. The number of aromatic nitrogens is 2. The van der Waals surface area contributed by atoms with Crippen LogP contribution in [0.4, 0.5) is 24.8 Å². The van der Waals surface area contributed by atoms with E-state index in [0.717, 1.165) is 62.6 Å². The van der Waals surface area contributed by atoms with Crippen molar-refractivity contribution in [1.29, 1.82) is 0 Å². The van der Waals surface area contributed by atoms with E-state index >= 15 is 0 Å². The Bertz CT molecular complexity index is 1460. The van der Waals surface area contributed by atoms with Crippen LogP contribution in [0.3, 0.4) is 0 Å². The van der Waals surface area contributed by atoms with Crippen molar-refractivity contribution in [1.82, 2.24) is 9.97 Å². The van der Waals surface area contributed by atoms with Crippen molar-refractivity contribution in [3.8, 4) is 11.3 Å². The number of halogens is 3. The van der Waals surface area contributed by atoms with Crippen LogP contribution in [-0.2, 0) is 27.4 Å². The minimum Gasteiger partial charge on any atom is -0.481 e. The van der Waals surface area contributed by atoms with E-state index in [-0.39, 0.29) is 29.5 Å². The lowest BCUT2D eigenvalue weighted by atomic mass is 9.96. The molecule has 0 atom stereocenters. The van der Waals surface area contributed by atoms with Gasteiger partial charge in [0.2, 0.25) is 0 Å². The number of carbonyl (C=O) groups is 1. The van der Waals surface area contributed by atoms with E-state index in [4.69, 9.17) is 0 Å². The summed E-state index contributed by atoms with van der Waals surface area (Å²) in [5.41, 5.74) is -0.270. The zero-order chi connectivity index (χ0) is 29.5. The molecular formula is C29H33F3N4O4S. The summed E-state index contributed by atoms with van der Waals surface area (Å²) in [6, 6.07) is 13.0. The third-order valence-electron chi connectivity index (χ3n) is 6.99. The van der Waals surface area contributed by atoms with E-state index in [1.165, 1.54) is 12.1 Å². The minimum atomic E-state index is -4.70. The number of nitrogens with one attached hydrogen (secondary N) is 1. The van der Waals surface area contributed by atoms with Crippen LogP contribution in [0.25, 0.3) is 11.3 Å². The average molecular weight is 591 g/mol. The molecule has 41 heavy (non-hydrogen) atoms. The quantitative estimate of drug-likeness (QED) is 0.357. The molecule has 3 heterocycles. The highest BCUT2D eigenvalue weighted by atomic mass is 32.2. The number of carboxylic acids is 1. The van der Waals surface area contributed by atoms with Crippen molar-refractivity contribution in [2.24, 2.45) is 0 Å². The molecule has 0 aliphatic carbocycles. The van der Waals surface area contributed by atoms with Gasteiger partial charge in [-0.25, -0.2) is 9.97 Å². The van der Waals surface area contributed by atoms with Crippen molar-refractivity contribution in [2.45, 2.75) is 69.0 Å². The van der Waals surface area contributed by atoms with Gasteiger partial charge >= 0.3 is 12.1 Å². The second-order valence-corrected chi connectivity index (χ2v) is 11.7. The highest BCUT2D eigenvalue weighted by molar-refractivity contribution is 7.92. The van der Waals surface area contributed by atoms with Crippen LogP contribution in [0.5, 0.6) is 0 Å². The van der Waals surface area contributed by atoms with Gasteiger partial charge in [0.05, 0.1) is 17.7 Å². The number of carboxylic acid groups (broad SMARTS) is 1. The molecule has 12 heteroatoms. The molecule has 2 aromatic heterocycles. The molecule has 2 N–H and O–H groups in total. The number of pyridine rings is 2. The maximum atomic E-state index is 14.0. The smallest absolute Gasteiger partial charge is 0.418 e. The molecule has 0 fully saturated rings. The number of nitrogens with zero attached hydrogens (tertiary/aromatic N) is 3. The Balaban J connectivity index is 1.76. The Morgan fingerprint density at radius 3 is 2.34 bits per heavy atom. The van der Waals surface area contributed by atoms with Crippen LogP contribution in [0, 0.1) is 0 Å². The summed E-state index contributed by atoms with van der Waals surface area (Å²) in [5, 5.41) is 8.84. The van der Waals surface area contributed by atoms with Gasteiger partial charge in [0.25, 0.3) is 10.0 Å². The number of sulfonamides is 1. The first kappa shape index (κ1) is 30.3. The van der Waals surface area contributed by atoms with Crippen LogP contribution >= 0.6 is 0 Å². The Hall–Kier alpha value is -3.67. The number of aryl methyl sites for hydroxylation is 1. The summed E-state index contributed by atoms with van der Waals surface area (Å²) in [6.45, 7) is 0.667. The first-order chi connectivity index (χ1) is 19.5. The maximum Gasteiger partial charge on any atom is 0.418 e. The van der Waals surface area contributed by atoms with Gasteiger partial charge in [0.15, 0.2) is 5.03 Å². The van der Waals surface area contributed by atoms with E-state index < -0.39 is 27.7 Å². The van der Waals surface area contributed by atoms with Crippen molar-refractivity contribution in [2.75, 3.05) is 22.7 Å². The molecule has 1 aliphatic rings. The highest BCUT2D eigenvalue weighted by Crippen LogP contribution is 2.38. The van der Waals surface area contributed by atoms with Gasteiger partial charge in [-0.3, -0.25) is 9.52 Å². The fraction of sp³-hybridized carbons (Fsp3) is 0.414. The standard InChI is InChI=1S/C29H33F3N4O4S/c30-29(31,32)23-16-17-24-33-28(23)22-13-8-7-12-21(22)11-6-4-2-1-3-5-9-19-36(20-18-27(37)38)25-14-10-15-26(34-25)41(39,40)35-24/h7-8,10,12-17H,1-6,9,11,18-20H2,(H,33,35)(H,37,38). The zero-order valence-corrected chi connectivity index (χ0v) is 23.3. The summed E-state index contributed by atoms with van der Waals surface area (Å²) < 4.78 is 71.0. The summed E-state index contributed by atoms with van der Waals surface area (Å²) in [5.74, 6) is -0.946. The van der Waals surface area contributed by atoms with E-state index in [0.29, 0.717) is 24.3 Å². The van der Waals surface area contributed by atoms with Crippen molar-refractivity contribution in [3.05, 3.63) is 65.7 Å². The lowest BCUT2D eigenvalue weighted by Crippen LogP contribution is -2.29. The number of hydrogen-bond donors (Lipinski definition) is 2. The summed E-state index contributed by atoms with van der Waals surface area (Å²) in [4.78, 5) is 21.4. The van der Waals surface area contributed by atoms with E-state index in [1.54, 1.807) is 35.2 Å². The highest BCUT2D eigenvalue weighted by Gasteiger charge is 2.35. The predicted octanol–water partition coefficient (Wildman–Crippen LogP) is 6.53. The van der Waals surface area contributed by atoms with Gasteiger partial charge in [0.1, 0.15) is 11.6 Å². The molecule has 0 radical (unpaired) electrons. The molecule has 0 saturated heterocycles. The van der Waals surface area contributed by atoms with Crippen LogP contribution in [-0.4, -0.2) is 42.6 Å². The lowest BCUT2D eigenvalue weighted by molar-refractivity contribution is -0.138. The number of benzene rings is 1. The molecule has 0 saturated carbocycles. The zero-order valence-electron chi connectivity index (χ0n) is 22.5. The number of aliphatic carboxylic acids is 1. The van der Waals surface area contributed by atoms with Gasteiger partial charge in [-0.2, -0.15) is 21.6 Å². The molecule has 4 rings (SSSR count). The summed E-state index contributed by atoms with van der Waals surface area (Å²) in [6.07, 6.45) is 2.17. The van der Waals surface area contributed by atoms with Crippen molar-refractivity contribution in [3.63, 3.8) is 0 Å². The normalized spacial score (nSPS) is 16.7. The van der Waals surface area contributed by atoms with E-state index in [9.17, 15) is 31.5 Å². The molecule has 3 aromatic rings. The predicted molar refractivity (Wildman–Crippen MR) is 150 cm³/mol. The second kappa shape index (κ2) is 13.3. The number of anilines is 2. The Morgan fingerprint density at radius 2 is 1.61 bits per heavy atom.